The maximum absolute atomic E-state index is 13.4. The van der Waals surface area contributed by atoms with Gasteiger partial charge in [-0.1, -0.05) is 59.6 Å². The van der Waals surface area contributed by atoms with Gasteiger partial charge in [0.25, 0.3) is 11.8 Å². The first-order valence-electron chi connectivity index (χ1n) is 9.22. The van der Waals surface area contributed by atoms with Crippen LogP contribution in [0.5, 0.6) is 0 Å². The number of carbonyl (C=O) groups excluding carboxylic acids is 2. The summed E-state index contributed by atoms with van der Waals surface area (Å²) in [5.74, 6) is -0.700. The quantitative estimate of drug-likeness (QED) is 0.572. The Morgan fingerprint density at radius 2 is 1.41 bits per heavy atom. The number of rotatable bonds is 4. The number of amides is 2. The monoisotopic (exact) mass is 402 g/mol. The first-order valence-corrected chi connectivity index (χ1v) is 9.59. The molecule has 0 unspecified atom stereocenters. The van der Waals surface area contributed by atoms with E-state index in [1.165, 1.54) is 4.90 Å². The van der Waals surface area contributed by atoms with Crippen molar-refractivity contribution in [3.63, 3.8) is 0 Å². The summed E-state index contributed by atoms with van der Waals surface area (Å²) in [7, 11) is 1.80. The summed E-state index contributed by atoms with van der Waals surface area (Å²) in [6, 6.07) is 23.8. The van der Waals surface area contributed by atoms with Gasteiger partial charge in [0.2, 0.25) is 0 Å². The second-order valence-electron chi connectivity index (χ2n) is 6.91. The maximum atomic E-state index is 13.4. The van der Waals surface area contributed by atoms with Gasteiger partial charge >= 0.3 is 0 Å². The first-order chi connectivity index (χ1) is 14.0. The molecule has 1 aliphatic rings. The van der Waals surface area contributed by atoms with Crippen molar-refractivity contribution in [1.82, 2.24) is 0 Å². The van der Waals surface area contributed by atoms with Gasteiger partial charge in [-0.25, -0.2) is 4.90 Å². The largest absolute Gasteiger partial charge is 0.339 e. The van der Waals surface area contributed by atoms with Crippen molar-refractivity contribution < 1.29 is 9.59 Å². The Hall–Kier alpha value is -3.37. The van der Waals surface area contributed by atoms with E-state index in [-0.39, 0.29) is 11.8 Å². The molecule has 3 aromatic rings. The fourth-order valence-electron chi connectivity index (χ4n) is 3.42. The van der Waals surface area contributed by atoms with Crippen LogP contribution in [0.3, 0.4) is 0 Å². The molecule has 0 aromatic heterocycles. The van der Waals surface area contributed by atoms with Crippen LogP contribution in [-0.4, -0.2) is 18.9 Å². The second-order valence-corrected chi connectivity index (χ2v) is 7.34. The number of hydrogen-bond acceptors (Lipinski definition) is 3. The molecular weight excluding hydrogens is 384 g/mol. The summed E-state index contributed by atoms with van der Waals surface area (Å²) in [4.78, 5) is 29.9. The topological polar surface area (TPSA) is 40.6 Å². The lowest BCUT2D eigenvalue weighted by molar-refractivity contribution is -0.120. The summed E-state index contributed by atoms with van der Waals surface area (Å²) >= 11 is 6.03. The van der Waals surface area contributed by atoms with E-state index in [9.17, 15) is 9.59 Å². The minimum absolute atomic E-state index is 0.337. The molecule has 2 amide bonds. The van der Waals surface area contributed by atoms with Crippen LogP contribution >= 0.6 is 11.6 Å². The van der Waals surface area contributed by atoms with Crippen molar-refractivity contribution in [2.24, 2.45) is 0 Å². The smallest absolute Gasteiger partial charge is 0.282 e. The van der Waals surface area contributed by atoms with Crippen molar-refractivity contribution in [2.45, 2.75) is 6.92 Å². The molecule has 4 nitrogen and oxygen atoms in total. The molecule has 0 saturated carbocycles. The Bertz CT molecular complexity index is 1100. The van der Waals surface area contributed by atoms with E-state index in [4.69, 9.17) is 11.6 Å². The lowest BCUT2D eigenvalue weighted by atomic mass is 10.0. The fourth-order valence-corrected chi connectivity index (χ4v) is 3.54. The summed E-state index contributed by atoms with van der Waals surface area (Å²) < 4.78 is 0. The van der Waals surface area contributed by atoms with E-state index in [2.05, 4.69) is 0 Å². The van der Waals surface area contributed by atoms with Crippen LogP contribution in [0, 0.1) is 6.92 Å². The highest BCUT2D eigenvalue weighted by Crippen LogP contribution is 2.36. The number of halogens is 1. The lowest BCUT2D eigenvalue weighted by Crippen LogP contribution is -2.34. The van der Waals surface area contributed by atoms with Gasteiger partial charge in [0.15, 0.2) is 0 Å². The van der Waals surface area contributed by atoms with Crippen LogP contribution in [0.25, 0.3) is 5.57 Å². The standard InChI is InChI=1S/C24H19ClN2O2/c1-16-8-14-20(15-9-16)27-23(28)21(17-10-12-18(25)13-11-17)22(24(27)29)26(2)19-6-4-3-5-7-19/h3-15H,1-2H3. The summed E-state index contributed by atoms with van der Waals surface area (Å²) in [5.41, 5.74) is 3.78. The predicted molar refractivity (Wildman–Crippen MR) is 117 cm³/mol. The Labute approximate surface area is 174 Å². The number of hydrogen-bond donors (Lipinski definition) is 0. The van der Waals surface area contributed by atoms with Crippen molar-refractivity contribution in [2.75, 3.05) is 16.8 Å². The average molecular weight is 403 g/mol. The molecular formula is C24H19ClN2O2. The van der Waals surface area contributed by atoms with Gasteiger partial charge in [-0.15, -0.1) is 0 Å². The number of para-hydroxylation sites is 1. The molecule has 4 rings (SSSR count). The molecule has 0 saturated heterocycles. The van der Waals surface area contributed by atoms with Gasteiger partial charge in [0.05, 0.1) is 11.3 Å². The third kappa shape index (κ3) is 3.43. The zero-order valence-electron chi connectivity index (χ0n) is 16.1. The SMILES string of the molecule is Cc1ccc(N2C(=O)C(c3ccc(Cl)cc3)=C(N(C)c3ccccc3)C2=O)cc1. The summed E-state index contributed by atoms with van der Waals surface area (Å²) in [6.07, 6.45) is 0. The van der Waals surface area contributed by atoms with E-state index in [0.29, 0.717) is 27.5 Å². The minimum atomic E-state index is -0.352. The zero-order chi connectivity index (χ0) is 20.5. The second kappa shape index (κ2) is 7.57. The Morgan fingerprint density at radius 3 is 2.03 bits per heavy atom. The molecule has 0 aliphatic carbocycles. The number of anilines is 2. The molecule has 1 aliphatic heterocycles. The zero-order valence-corrected chi connectivity index (χ0v) is 16.9. The highest BCUT2D eigenvalue weighted by Gasteiger charge is 2.42. The van der Waals surface area contributed by atoms with Crippen molar-refractivity contribution >= 4 is 40.4 Å². The van der Waals surface area contributed by atoms with Gasteiger partial charge in [-0.05, 0) is 48.9 Å². The first kappa shape index (κ1) is 19.0. The van der Waals surface area contributed by atoms with Crippen LogP contribution in [0.2, 0.25) is 5.02 Å². The van der Waals surface area contributed by atoms with E-state index in [0.717, 1.165) is 11.3 Å². The summed E-state index contributed by atoms with van der Waals surface area (Å²) in [5, 5.41) is 0.569. The molecule has 0 N–H and O–H groups in total. The number of carbonyl (C=O) groups is 2. The lowest BCUT2D eigenvalue weighted by Gasteiger charge is -2.21. The van der Waals surface area contributed by atoms with Crippen molar-refractivity contribution in [1.29, 1.82) is 0 Å². The molecule has 0 radical (unpaired) electrons. The normalized spacial score (nSPS) is 14.0. The van der Waals surface area contributed by atoms with Crippen LogP contribution < -0.4 is 9.80 Å². The van der Waals surface area contributed by atoms with Gasteiger partial charge < -0.3 is 4.90 Å². The molecule has 0 spiro atoms. The van der Waals surface area contributed by atoms with E-state index in [1.54, 1.807) is 48.3 Å². The number of imide groups is 1. The van der Waals surface area contributed by atoms with Crippen LogP contribution in [0.15, 0.2) is 84.6 Å². The van der Waals surface area contributed by atoms with Crippen LogP contribution in [0.1, 0.15) is 11.1 Å². The molecule has 1 heterocycles. The number of likely N-dealkylation sites (N-methyl/N-ethyl adjacent to an activating group) is 1. The van der Waals surface area contributed by atoms with E-state index in [1.807, 2.05) is 49.4 Å². The van der Waals surface area contributed by atoms with Gasteiger partial charge in [-0.2, -0.15) is 0 Å². The summed E-state index contributed by atoms with van der Waals surface area (Å²) in [6.45, 7) is 1.96. The highest BCUT2D eigenvalue weighted by atomic mass is 35.5. The Kier molecular flexibility index (Phi) is 4.95. The molecule has 3 aromatic carbocycles. The fraction of sp³-hybridized carbons (Fsp3) is 0.0833. The van der Waals surface area contributed by atoms with Crippen molar-refractivity contribution in [3.8, 4) is 0 Å². The minimum Gasteiger partial charge on any atom is -0.339 e. The maximum Gasteiger partial charge on any atom is 0.282 e. The molecule has 0 bridgehead atoms. The van der Waals surface area contributed by atoms with Gasteiger partial charge in [0, 0.05) is 17.8 Å². The van der Waals surface area contributed by atoms with Crippen LogP contribution in [0.4, 0.5) is 11.4 Å². The van der Waals surface area contributed by atoms with Crippen molar-refractivity contribution in [3.05, 3.63) is 101 Å². The van der Waals surface area contributed by atoms with Crippen LogP contribution in [-0.2, 0) is 9.59 Å². The average Bonchev–Trinajstić information content (AvgIpc) is 3.00. The molecule has 0 fully saturated rings. The Morgan fingerprint density at radius 1 is 0.793 bits per heavy atom. The van der Waals surface area contributed by atoms with E-state index < -0.39 is 0 Å². The molecule has 5 heteroatoms. The molecule has 144 valence electrons. The highest BCUT2D eigenvalue weighted by molar-refractivity contribution is 6.46. The molecule has 29 heavy (non-hydrogen) atoms. The molecule has 0 atom stereocenters. The predicted octanol–water partition coefficient (Wildman–Crippen LogP) is 5.07. The Balaban J connectivity index is 1.87. The number of benzene rings is 3. The van der Waals surface area contributed by atoms with Gasteiger partial charge in [0.1, 0.15) is 5.70 Å². The number of aryl methyl sites for hydroxylation is 1. The van der Waals surface area contributed by atoms with E-state index >= 15 is 0 Å². The number of nitrogens with zero attached hydrogens (tertiary/aromatic N) is 2. The van der Waals surface area contributed by atoms with Gasteiger partial charge in [-0.3, -0.25) is 9.59 Å². The third-order valence-electron chi connectivity index (χ3n) is 4.96. The third-order valence-corrected chi connectivity index (χ3v) is 5.22.